The van der Waals surface area contributed by atoms with Gasteiger partial charge in [0.05, 0.1) is 6.04 Å². The number of hydrogen-bond donors (Lipinski definition) is 1. The van der Waals surface area contributed by atoms with Crippen LogP contribution in [-0.2, 0) is 6.42 Å². The molecule has 3 aromatic rings. The van der Waals surface area contributed by atoms with Gasteiger partial charge in [0.1, 0.15) is 11.3 Å². The average Bonchev–Trinajstić information content (AvgIpc) is 2.92. The fourth-order valence-electron chi connectivity index (χ4n) is 2.54. The average molecular weight is 265 g/mol. The summed E-state index contributed by atoms with van der Waals surface area (Å²) in [5, 5.41) is 4.68. The maximum Gasteiger partial charge on any atom is 0.134 e. The molecule has 0 radical (unpaired) electrons. The highest BCUT2D eigenvalue weighted by molar-refractivity contribution is 5.77. The van der Waals surface area contributed by atoms with E-state index in [2.05, 4.69) is 48.6 Å². The van der Waals surface area contributed by atoms with Crippen LogP contribution in [-0.4, -0.2) is 6.54 Å². The van der Waals surface area contributed by atoms with E-state index in [1.165, 1.54) is 10.9 Å². The molecular formula is C18H19NO. The SMILES string of the molecule is CCNC(Cc1ccccc1)c1cc2ccccc2o1. The van der Waals surface area contributed by atoms with Gasteiger partial charge in [0.15, 0.2) is 0 Å². The van der Waals surface area contributed by atoms with E-state index >= 15 is 0 Å². The minimum absolute atomic E-state index is 0.217. The van der Waals surface area contributed by atoms with Crippen LogP contribution in [0.2, 0.25) is 0 Å². The van der Waals surface area contributed by atoms with Crippen LogP contribution in [0.4, 0.5) is 0 Å². The van der Waals surface area contributed by atoms with E-state index in [-0.39, 0.29) is 6.04 Å². The molecule has 2 nitrogen and oxygen atoms in total. The van der Waals surface area contributed by atoms with Crippen LogP contribution in [0.1, 0.15) is 24.3 Å². The summed E-state index contributed by atoms with van der Waals surface area (Å²) >= 11 is 0. The normalized spacial score (nSPS) is 12.7. The molecule has 0 saturated carbocycles. The van der Waals surface area contributed by atoms with Crippen molar-refractivity contribution in [3.05, 3.63) is 72.0 Å². The zero-order chi connectivity index (χ0) is 13.8. The Morgan fingerprint density at radius 1 is 1.00 bits per heavy atom. The molecule has 1 aromatic heterocycles. The van der Waals surface area contributed by atoms with Gasteiger partial charge in [-0.25, -0.2) is 0 Å². The third kappa shape index (κ3) is 2.75. The molecule has 0 aliphatic rings. The molecule has 0 fully saturated rings. The number of fused-ring (bicyclic) bond motifs is 1. The molecule has 0 bridgehead atoms. The first-order valence-corrected chi connectivity index (χ1v) is 7.12. The lowest BCUT2D eigenvalue weighted by molar-refractivity contribution is 0.435. The summed E-state index contributed by atoms with van der Waals surface area (Å²) in [6.07, 6.45) is 0.939. The van der Waals surface area contributed by atoms with E-state index in [1.54, 1.807) is 0 Å². The Kier molecular flexibility index (Phi) is 3.84. The second-order valence-electron chi connectivity index (χ2n) is 4.99. The molecule has 0 aliphatic carbocycles. The first kappa shape index (κ1) is 12.9. The molecule has 1 atom stereocenters. The molecule has 2 heteroatoms. The number of furan rings is 1. The number of benzene rings is 2. The highest BCUT2D eigenvalue weighted by Gasteiger charge is 2.15. The maximum atomic E-state index is 5.99. The first-order chi connectivity index (χ1) is 9.86. The van der Waals surface area contributed by atoms with Crippen molar-refractivity contribution < 1.29 is 4.42 Å². The van der Waals surface area contributed by atoms with E-state index < -0.39 is 0 Å². The Morgan fingerprint density at radius 3 is 2.50 bits per heavy atom. The lowest BCUT2D eigenvalue weighted by Gasteiger charge is -2.15. The summed E-state index contributed by atoms with van der Waals surface area (Å²) in [5.74, 6) is 1.01. The van der Waals surface area contributed by atoms with Crippen LogP contribution < -0.4 is 5.32 Å². The van der Waals surface area contributed by atoms with Crippen molar-refractivity contribution in [2.75, 3.05) is 6.54 Å². The Hall–Kier alpha value is -2.06. The summed E-state index contributed by atoms with van der Waals surface area (Å²) in [5.41, 5.74) is 2.28. The van der Waals surface area contributed by atoms with Crippen molar-refractivity contribution in [1.29, 1.82) is 0 Å². The number of para-hydroxylation sites is 1. The standard InChI is InChI=1S/C18H19NO/c1-2-19-16(12-14-8-4-3-5-9-14)18-13-15-10-6-7-11-17(15)20-18/h3-11,13,16,19H,2,12H2,1H3. The van der Waals surface area contributed by atoms with Crippen LogP contribution in [0.25, 0.3) is 11.0 Å². The third-order valence-electron chi connectivity index (χ3n) is 3.52. The molecule has 1 unspecified atom stereocenters. The highest BCUT2D eigenvalue weighted by atomic mass is 16.3. The summed E-state index contributed by atoms with van der Waals surface area (Å²) < 4.78 is 5.99. The van der Waals surface area contributed by atoms with E-state index in [0.717, 1.165) is 24.3 Å². The van der Waals surface area contributed by atoms with Crippen LogP contribution in [0.3, 0.4) is 0 Å². The largest absolute Gasteiger partial charge is 0.459 e. The van der Waals surface area contributed by atoms with Gasteiger partial charge in [-0.15, -0.1) is 0 Å². The number of rotatable bonds is 5. The summed E-state index contributed by atoms with van der Waals surface area (Å²) in [6, 6.07) is 21.1. The smallest absolute Gasteiger partial charge is 0.134 e. The Bertz CT molecular complexity index is 639. The van der Waals surface area contributed by atoms with Crippen molar-refractivity contribution in [2.45, 2.75) is 19.4 Å². The molecule has 0 saturated heterocycles. The molecule has 0 aliphatic heterocycles. The minimum atomic E-state index is 0.217. The zero-order valence-electron chi connectivity index (χ0n) is 11.7. The van der Waals surface area contributed by atoms with E-state index in [1.807, 2.05) is 24.3 Å². The number of nitrogens with one attached hydrogen (secondary N) is 1. The van der Waals surface area contributed by atoms with Gasteiger partial charge in [-0.2, -0.15) is 0 Å². The minimum Gasteiger partial charge on any atom is -0.459 e. The Balaban J connectivity index is 1.89. The van der Waals surface area contributed by atoms with Crippen molar-refractivity contribution in [3.63, 3.8) is 0 Å². The number of likely N-dealkylation sites (N-methyl/N-ethyl adjacent to an activating group) is 1. The van der Waals surface area contributed by atoms with Gasteiger partial charge in [0.25, 0.3) is 0 Å². The van der Waals surface area contributed by atoms with E-state index in [9.17, 15) is 0 Å². The monoisotopic (exact) mass is 265 g/mol. The van der Waals surface area contributed by atoms with Crippen molar-refractivity contribution in [3.8, 4) is 0 Å². The van der Waals surface area contributed by atoms with E-state index in [4.69, 9.17) is 4.42 Å². The van der Waals surface area contributed by atoms with Crippen LogP contribution in [0, 0.1) is 0 Å². The fourth-order valence-corrected chi connectivity index (χ4v) is 2.54. The first-order valence-electron chi connectivity index (χ1n) is 7.12. The molecule has 20 heavy (non-hydrogen) atoms. The summed E-state index contributed by atoms with van der Waals surface area (Å²) in [6.45, 7) is 3.05. The predicted molar refractivity (Wildman–Crippen MR) is 82.8 cm³/mol. The quantitative estimate of drug-likeness (QED) is 0.743. The van der Waals surface area contributed by atoms with Gasteiger partial charge in [0.2, 0.25) is 0 Å². The van der Waals surface area contributed by atoms with Gasteiger partial charge in [-0.05, 0) is 30.7 Å². The fraction of sp³-hybridized carbons (Fsp3) is 0.222. The van der Waals surface area contributed by atoms with Crippen molar-refractivity contribution in [2.24, 2.45) is 0 Å². The van der Waals surface area contributed by atoms with Gasteiger partial charge >= 0.3 is 0 Å². The third-order valence-corrected chi connectivity index (χ3v) is 3.52. The molecule has 2 aromatic carbocycles. The van der Waals surface area contributed by atoms with Gasteiger partial charge in [-0.1, -0.05) is 55.5 Å². The molecule has 3 rings (SSSR count). The molecule has 0 amide bonds. The molecule has 1 N–H and O–H groups in total. The number of hydrogen-bond acceptors (Lipinski definition) is 2. The zero-order valence-corrected chi connectivity index (χ0v) is 11.7. The summed E-state index contributed by atoms with van der Waals surface area (Å²) in [7, 11) is 0. The molecular weight excluding hydrogens is 246 g/mol. The lowest BCUT2D eigenvalue weighted by atomic mass is 10.0. The highest BCUT2D eigenvalue weighted by Crippen LogP contribution is 2.26. The Morgan fingerprint density at radius 2 is 1.75 bits per heavy atom. The molecule has 1 heterocycles. The van der Waals surface area contributed by atoms with Gasteiger partial charge in [0, 0.05) is 5.39 Å². The van der Waals surface area contributed by atoms with E-state index in [0.29, 0.717) is 0 Å². The van der Waals surface area contributed by atoms with Gasteiger partial charge in [-0.3, -0.25) is 0 Å². The van der Waals surface area contributed by atoms with Crippen LogP contribution in [0.15, 0.2) is 65.1 Å². The summed E-state index contributed by atoms with van der Waals surface area (Å²) in [4.78, 5) is 0. The van der Waals surface area contributed by atoms with Crippen molar-refractivity contribution >= 4 is 11.0 Å². The van der Waals surface area contributed by atoms with Crippen LogP contribution >= 0.6 is 0 Å². The second kappa shape index (κ2) is 5.93. The Labute approximate surface area is 119 Å². The van der Waals surface area contributed by atoms with Gasteiger partial charge < -0.3 is 9.73 Å². The topological polar surface area (TPSA) is 25.2 Å². The lowest BCUT2D eigenvalue weighted by Crippen LogP contribution is -2.22. The maximum absolute atomic E-state index is 5.99. The predicted octanol–water partition coefficient (Wildman–Crippen LogP) is 4.33. The molecule has 102 valence electrons. The second-order valence-corrected chi connectivity index (χ2v) is 4.99. The molecule has 0 spiro atoms. The van der Waals surface area contributed by atoms with Crippen molar-refractivity contribution in [1.82, 2.24) is 5.32 Å². The van der Waals surface area contributed by atoms with Crippen LogP contribution in [0.5, 0.6) is 0 Å².